The smallest absolute Gasteiger partial charge is 0.226 e. The quantitative estimate of drug-likeness (QED) is 0.476. The maximum absolute atomic E-state index is 4.67. The van der Waals surface area contributed by atoms with E-state index < -0.39 is 0 Å². The van der Waals surface area contributed by atoms with E-state index >= 15 is 0 Å². The van der Waals surface area contributed by atoms with Crippen LogP contribution in [0.25, 0.3) is 11.2 Å². The molecule has 6 nitrogen and oxygen atoms in total. The monoisotopic (exact) mass is 331 g/mol. The highest BCUT2D eigenvalue weighted by molar-refractivity contribution is 14.1. The first-order valence-corrected chi connectivity index (χ1v) is 5.66. The highest BCUT2D eigenvalue weighted by Gasteiger charge is 2.14. The van der Waals surface area contributed by atoms with Crippen LogP contribution in [-0.2, 0) is 0 Å². The van der Waals surface area contributed by atoms with Gasteiger partial charge in [0.25, 0.3) is 0 Å². The normalized spacial score (nSPS) is 11.5. The minimum absolute atomic E-state index is 0.490. The maximum atomic E-state index is 4.67. The predicted octanol–water partition coefficient (Wildman–Crippen LogP) is 1.75. The third-order valence-corrected chi connectivity index (χ3v) is 3.20. The van der Waals surface area contributed by atoms with Crippen molar-refractivity contribution >= 4 is 45.8 Å². The van der Waals surface area contributed by atoms with Gasteiger partial charge in [0.1, 0.15) is 5.69 Å². The van der Waals surface area contributed by atoms with Crippen molar-refractivity contribution < 1.29 is 4.63 Å². The molecule has 16 heavy (non-hydrogen) atoms. The van der Waals surface area contributed by atoms with E-state index in [2.05, 4.69) is 47.5 Å². The van der Waals surface area contributed by atoms with Gasteiger partial charge < -0.3 is 4.90 Å². The molecule has 2 aromatic heterocycles. The molecule has 0 aliphatic rings. The minimum Gasteiger partial charge on any atom is -0.369 e. The fraction of sp³-hybridized carbons (Fsp3) is 0.333. The molecule has 0 unspecified atom stereocenters. The van der Waals surface area contributed by atoms with E-state index in [4.69, 9.17) is 0 Å². The third-order valence-electron chi connectivity index (χ3n) is 1.91. The average molecular weight is 331 g/mol. The summed E-state index contributed by atoms with van der Waals surface area (Å²) in [7, 11) is 3.81. The minimum atomic E-state index is 0.490. The topological polar surface area (TPSA) is 67.4 Å². The number of aromatic nitrogens is 3. The van der Waals surface area contributed by atoms with Crippen LogP contribution in [0.1, 0.15) is 5.69 Å². The number of pyridine rings is 1. The van der Waals surface area contributed by atoms with Gasteiger partial charge in [-0.2, -0.15) is 0 Å². The molecule has 0 aliphatic heterocycles. The molecule has 0 amide bonds. The van der Waals surface area contributed by atoms with Crippen molar-refractivity contribution in [3.63, 3.8) is 0 Å². The third kappa shape index (κ3) is 1.99. The van der Waals surface area contributed by atoms with Gasteiger partial charge in [-0.15, -0.1) is 0 Å². The van der Waals surface area contributed by atoms with E-state index in [1.165, 1.54) is 0 Å². The lowest BCUT2D eigenvalue weighted by Crippen LogP contribution is -2.07. The molecule has 0 spiro atoms. The number of hydrogen-bond acceptors (Lipinski definition) is 5. The molecule has 0 aromatic carbocycles. The summed E-state index contributed by atoms with van der Waals surface area (Å²) in [6.07, 6.45) is 1.71. The number of aryl methyl sites for hydroxylation is 1. The summed E-state index contributed by atoms with van der Waals surface area (Å²) in [6.45, 7) is 1.91. The van der Waals surface area contributed by atoms with Crippen LogP contribution in [0.4, 0.5) is 5.69 Å². The average Bonchev–Trinajstić information content (AvgIpc) is 2.65. The van der Waals surface area contributed by atoms with E-state index in [0.717, 1.165) is 15.0 Å². The second-order valence-electron chi connectivity index (χ2n) is 3.50. The molecule has 0 radical (unpaired) electrons. The van der Waals surface area contributed by atoms with Crippen molar-refractivity contribution in [2.24, 2.45) is 4.99 Å². The summed E-state index contributed by atoms with van der Waals surface area (Å²) in [5.74, 6) is 0. The van der Waals surface area contributed by atoms with Crippen molar-refractivity contribution in [2.75, 3.05) is 14.1 Å². The van der Waals surface area contributed by atoms with Crippen LogP contribution in [-0.4, -0.2) is 40.6 Å². The second-order valence-corrected chi connectivity index (χ2v) is 4.58. The number of rotatable bonds is 2. The van der Waals surface area contributed by atoms with Gasteiger partial charge in [-0.05, 0) is 39.8 Å². The maximum Gasteiger partial charge on any atom is 0.226 e. The van der Waals surface area contributed by atoms with E-state index in [0.29, 0.717) is 11.2 Å². The first kappa shape index (κ1) is 11.2. The van der Waals surface area contributed by atoms with Gasteiger partial charge in [-0.25, -0.2) is 14.6 Å². The zero-order valence-electron chi connectivity index (χ0n) is 9.10. The predicted molar refractivity (Wildman–Crippen MR) is 68.9 cm³/mol. The lowest BCUT2D eigenvalue weighted by molar-refractivity contribution is 0.315. The van der Waals surface area contributed by atoms with Crippen molar-refractivity contribution in [3.8, 4) is 0 Å². The summed E-state index contributed by atoms with van der Waals surface area (Å²) >= 11 is 2.19. The molecule has 2 aromatic rings. The van der Waals surface area contributed by atoms with Gasteiger partial charge in [-0.3, -0.25) is 0 Å². The SMILES string of the molecule is Cc1nc2nonc2c(/N=C\N(C)C)c1I. The van der Waals surface area contributed by atoms with E-state index in [-0.39, 0.29) is 0 Å². The van der Waals surface area contributed by atoms with Crippen LogP contribution in [0, 0.1) is 10.5 Å². The van der Waals surface area contributed by atoms with Crippen LogP contribution >= 0.6 is 22.6 Å². The van der Waals surface area contributed by atoms with E-state index in [1.807, 2.05) is 25.9 Å². The molecule has 0 aliphatic carbocycles. The van der Waals surface area contributed by atoms with Gasteiger partial charge in [0.2, 0.25) is 5.65 Å². The Bertz CT molecular complexity index is 548. The van der Waals surface area contributed by atoms with Crippen LogP contribution in [0.15, 0.2) is 9.62 Å². The van der Waals surface area contributed by atoms with Crippen molar-refractivity contribution in [3.05, 3.63) is 9.26 Å². The van der Waals surface area contributed by atoms with E-state index in [9.17, 15) is 0 Å². The fourth-order valence-corrected chi connectivity index (χ4v) is 1.70. The zero-order valence-corrected chi connectivity index (χ0v) is 11.3. The molecule has 0 fully saturated rings. The van der Waals surface area contributed by atoms with Gasteiger partial charge >= 0.3 is 0 Å². The van der Waals surface area contributed by atoms with E-state index in [1.54, 1.807) is 6.34 Å². The first-order chi connectivity index (χ1) is 7.59. The van der Waals surface area contributed by atoms with Crippen molar-refractivity contribution in [1.29, 1.82) is 0 Å². The van der Waals surface area contributed by atoms with Gasteiger partial charge in [0.15, 0.2) is 5.52 Å². The fourth-order valence-electron chi connectivity index (χ4n) is 1.18. The number of nitrogens with zero attached hydrogens (tertiary/aromatic N) is 5. The zero-order chi connectivity index (χ0) is 11.7. The van der Waals surface area contributed by atoms with Crippen LogP contribution in [0.3, 0.4) is 0 Å². The largest absolute Gasteiger partial charge is 0.369 e. The Hall–Kier alpha value is -1.25. The highest BCUT2D eigenvalue weighted by atomic mass is 127. The van der Waals surface area contributed by atoms with Crippen molar-refractivity contribution in [2.45, 2.75) is 6.92 Å². The van der Waals surface area contributed by atoms with Gasteiger partial charge in [0.05, 0.1) is 15.6 Å². The summed E-state index contributed by atoms with van der Waals surface area (Å²) in [5, 5.41) is 7.53. The second kappa shape index (κ2) is 4.32. The molecule has 0 saturated carbocycles. The molecule has 7 heteroatoms. The number of aliphatic imine (C=N–C) groups is 1. The molecular weight excluding hydrogens is 321 g/mol. The molecule has 0 atom stereocenters. The van der Waals surface area contributed by atoms with Crippen molar-refractivity contribution in [1.82, 2.24) is 20.2 Å². The van der Waals surface area contributed by atoms with Gasteiger partial charge in [-0.1, -0.05) is 0 Å². The molecule has 84 valence electrons. The number of halogens is 1. The van der Waals surface area contributed by atoms with Gasteiger partial charge in [0, 0.05) is 14.1 Å². The molecule has 0 bridgehead atoms. The molecule has 0 saturated heterocycles. The Morgan fingerprint density at radius 2 is 2.12 bits per heavy atom. The highest BCUT2D eigenvalue weighted by Crippen LogP contribution is 2.29. The molecule has 2 rings (SSSR count). The first-order valence-electron chi connectivity index (χ1n) is 4.58. The molecule has 0 N–H and O–H groups in total. The Balaban J connectivity index is 2.64. The Morgan fingerprint density at radius 1 is 1.38 bits per heavy atom. The molecule has 2 heterocycles. The molecular formula is C9H10IN5O. The summed E-state index contributed by atoms with van der Waals surface area (Å²) in [5.41, 5.74) is 2.70. The summed E-state index contributed by atoms with van der Waals surface area (Å²) in [6, 6.07) is 0. The number of hydrogen-bond donors (Lipinski definition) is 0. The summed E-state index contributed by atoms with van der Waals surface area (Å²) < 4.78 is 5.63. The number of fused-ring (bicyclic) bond motifs is 1. The van der Waals surface area contributed by atoms with Crippen LogP contribution in [0.2, 0.25) is 0 Å². The lowest BCUT2D eigenvalue weighted by Gasteiger charge is -2.04. The Morgan fingerprint density at radius 3 is 2.81 bits per heavy atom. The summed E-state index contributed by atoms with van der Waals surface area (Å²) in [4.78, 5) is 10.5. The van der Waals surface area contributed by atoms with Crippen LogP contribution < -0.4 is 0 Å². The lowest BCUT2D eigenvalue weighted by atomic mass is 10.3. The standard InChI is InChI=1S/C9H10IN5O/c1-5-6(10)7(11-4-15(2)3)8-9(12-5)14-16-13-8/h4H,1-3H3/b11-4-. The Labute approximate surface area is 106 Å². The Kier molecular flexibility index (Phi) is 3.03. The van der Waals surface area contributed by atoms with Crippen LogP contribution in [0.5, 0.6) is 0 Å².